The third-order valence-electron chi connectivity index (χ3n) is 7.56. The van der Waals surface area contributed by atoms with Crippen LogP contribution in [-0.2, 0) is 12.8 Å². The van der Waals surface area contributed by atoms with Gasteiger partial charge in [0.2, 0.25) is 0 Å². The first-order valence-electron chi connectivity index (χ1n) is 10.6. The van der Waals surface area contributed by atoms with E-state index in [0.717, 1.165) is 30.0 Å². The highest BCUT2D eigenvalue weighted by Crippen LogP contribution is 2.57. The van der Waals surface area contributed by atoms with E-state index in [2.05, 4.69) is 21.2 Å². The molecule has 4 saturated carbocycles. The average molecular weight is 385 g/mol. The monoisotopic (exact) mass is 384 g/mol. The molecule has 5 aliphatic carbocycles. The second kappa shape index (κ2) is 6.51. The molecule has 4 fully saturated rings. The molecule has 2 N–H and O–H groups in total. The summed E-state index contributed by atoms with van der Waals surface area (Å²) in [6.07, 6.45) is 19.3. The van der Waals surface area contributed by atoms with Crippen LogP contribution < -0.4 is 0 Å². The number of aliphatic imine (C=N–C) groups is 1. The maximum atomic E-state index is 5.30. The van der Waals surface area contributed by atoms with Crippen LogP contribution in [0.4, 0.5) is 0 Å². The molecule has 7 rings (SSSR count). The summed E-state index contributed by atoms with van der Waals surface area (Å²) in [4.78, 5) is 16.8. The lowest BCUT2D eigenvalue weighted by molar-refractivity contribution is 0.00194. The average Bonchev–Trinajstić information content (AvgIpc) is 3.27. The van der Waals surface area contributed by atoms with Gasteiger partial charge < -0.3 is 9.97 Å². The summed E-state index contributed by atoms with van der Waals surface area (Å²) in [5, 5.41) is 0. The van der Waals surface area contributed by atoms with Crippen molar-refractivity contribution in [3.8, 4) is 11.5 Å². The fraction of sp³-hybridized carbons (Fsp3) is 0.636. The normalized spacial score (nSPS) is 34.0. The van der Waals surface area contributed by atoms with Crippen molar-refractivity contribution in [1.29, 1.82) is 0 Å². The largest absolute Gasteiger partial charge is 0.351 e. The van der Waals surface area contributed by atoms with Gasteiger partial charge in [-0.2, -0.15) is 0 Å². The second-order valence-electron chi connectivity index (χ2n) is 9.42. The molecule has 144 valence electrons. The van der Waals surface area contributed by atoms with E-state index in [1.165, 1.54) is 80.3 Å². The van der Waals surface area contributed by atoms with E-state index in [1.807, 2.05) is 12.4 Å². The Labute approximate surface area is 167 Å². The van der Waals surface area contributed by atoms with E-state index < -0.39 is 0 Å². The van der Waals surface area contributed by atoms with Crippen LogP contribution in [0, 0.1) is 17.8 Å². The molecule has 5 aliphatic rings. The number of aromatic amines is 2. The van der Waals surface area contributed by atoms with Crippen LogP contribution in [0.15, 0.2) is 17.4 Å². The third-order valence-corrected chi connectivity index (χ3v) is 7.56. The molecule has 4 bridgehead atoms. The van der Waals surface area contributed by atoms with Gasteiger partial charge in [-0.05, 0) is 93.1 Å². The van der Waals surface area contributed by atoms with Crippen molar-refractivity contribution < 1.29 is 0 Å². The van der Waals surface area contributed by atoms with Crippen LogP contribution in [0.5, 0.6) is 0 Å². The lowest BCUT2D eigenvalue weighted by Crippen LogP contribution is -2.49. The predicted octanol–water partition coefficient (Wildman–Crippen LogP) is 5.09. The van der Waals surface area contributed by atoms with E-state index >= 15 is 0 Å². The maximum Gasteiger partial charge on any atom is 0.154 e. The Bertz CT molecular complexity index is 813. The molecule has 0 aliphatic heterocycles. The van der Waals surface area contributed by atoms with E-state index in [4.69, 9.17) is 4.99 Å². The van der Waals surface area contributed by atoms with Gasteiger partial charge in [0.25, 0.3) is 0 Å². The molecule has 4 nitrogen and oxygen atoms in total. The number of imidazole rings is 1. The number of nitrogens with one attached hydrogen (secondary N) is 2. The van der Waals surface area contributed by atoms with Gasteiger partial charge in [-0.25, -0.2) is 4.98 Å². The number of nitrogens with zero attached hydrogens (tertiary/aromatic N) is 2. The first-order chi connectivity index (χ1) is 12.8. The first-order valence-corrected chi connectivity index (χ1v) is 10.6. The van der Waals surface area contributed by atoms with Crippen LogP contribution in [-0.4, -0.2) is 26.7 Å². The number of H-pyrrole nitrogens is 2. The number of hydrogen-bond donors (Lipinski definition) is 2. The maximum absolute atomic E-state index is 5.30. The van der Waals surface area contributed by atoms with Gasteiger partial charge >= 0.3 is 0 Å². The molecule has 0 unspecified atom stereocenters. The summed E-state index contributed by atoms with van der Waals surface area (Å²) in [7, 11) is 0. The third kappa shape index (κ3) is 2.88. The zero-order valence-corrected chi connectivity index (χ0v) is 16.7. The van der Waals surface area contributed by atoms with Crippen molar-refractivity contribution in [3.63, 3.8) is 0 Å². The molecule has 5 heteroatoms. The Morgan fingerprint density at radius 2 is 1.67 bits per heavy atom. The topological polar surface area (TPSA) is 56.8 Å². The van der Waals surface area contributed by atoms with Crippen LogP contribution in [0.2, 0.25) is 0 Å². The minimum absolute atomic E-state index is 0. The van der Waals surface area contributed by atoms with Crippen LogP contribution >= 0.6 is 12.4 Å². The summed E-state index contributed by atoms with van der Waals surface area (Å²) in [5.41, 5.74) is 5.67. The molecule has 2 aromatic rings. The summed E-state index contributed by atoms with van der Waals surface area (Å²) in [6, 6.07) is 0. The molecule has 0 radical (unpaired) electrons. The van der Waals surface area contributed by atoms with Crippen LogP contribution in [0.25, 0.3) is 11.5 Å². The fourth-order valence-corrected chi connectivity index (χ4v) is 6.90. The van der Waals surface area contributed by atoms with Crippen molar-refractivity contribution >= 4 is 18.6 Å². The number of fused-ring (bicyclic) bond motifs is 1. The van der Waals surface area contributed by atoms with Gasteiger partial charge in [0.1, 0.15) is 0 Å². The van der Waals surface area contributed by atoms with Crippen molar-refractivity contribution in [2.24, 2.45) is 22.7 Å². The van der Waals surface area contributed by atoms with E-state index in [9.17, 15) is 0 Å². The SMILES string of the molecule is C(=NC12CC3CC(CC(C3)C1)C2)c1[nH]c(-c2ncc[nH]2)c2c1CCCC2.Cl. The van der Waals surface area contributed by atoms with Crippen molar-refractivity contribution in [1.82, 2.24) is 15.0 Å². The van der Waals surface area contributed by atoms with E-state index in [1.54, 1.807) is 0 Å². The van der Waals surface area contributed by atoms with Gasteiger partial charge in [0, 0.05) is 18.6 Å². The Morgan fingerprint density at radius 1 is 1.00 bits per heavy atom. The summed E-state index contributed by atoms with van der Waals surface area (Å²) in [6.45, 7) is 0. The Morgan fingerprint density at radius 3 is 2.30 bits per heavy atom. The predicted molar refractivity (Wildman–Crippen MR) is 111 cm³/mol. The lowest BCUT2D eigenvalue weighted by atomic mass is 9.53. The molecular weight excluding hydrogens is 356 g/mol. The molecule has 0 amide bonds. The van der Waals surface area contributed by atoms with Gasteiger partial charge in [-0.1, -0.05) is 0 Å². The highest BCUT2D eigenvalue weighted by Gasteiger charge is 2.50. The van der Waals surface area contributed by atoms with E-state index in [-0.39, 0.29) is 17.9 Å². The van der Waals surface area contributed by atoms with Crippen molar-refractivity contribution in [2.75, 3.05) is 0 Å². The minimum atomic E-state index is 0. The van der Waals surface area contributed by atoms with Crippen molar-refractivity contribution in [3.05, 3.63) is 29.2 Å². The zero-order chi connectivity index (χ0) is 17.1. The molecule has 2 heterocycles. The number of rotatable bonds is 3. The minimum Gasteiger partial charge on any atom is -0.351 e. The molecular formula is C22H29ClN4. The van der Waals surface area contributed by atoms with Gasteiger partial charge in [-0.15, -0.1) is 12.4 Å². The zero-order valence-electron chi connectivity index (χ0n) is 15.8. The Kier molecular flexibility index (Phi) is 4.23. The summed E-state index contributed by atoms with van der Waals surface area (Å²) < 4.78 is 0. The quantitative estimate of drug-likeness (QED) is 0.711. The summed E-state index contributed by atoms with van der Waals surface area (Å²) >= 11 is 0. The molecule has 27 heavy (non-hydrogen) atoms. The molecule has 0 aromatic carbocycles. The van der Waals surface area contributed by atoms with Gasteiger partial charge in [-0.3, -0.25) is 4.99 Å². The summed E-state index contributed by atoms with van der Waals surface area (Å²) in [5.74, 6) is 3.83. The Balaban J connectivity index is 0.00000160. The highest BCUT2D eigenvalue weighted by molar-refractivity contribution is 5.85. The second-order valence-corrected chi connectivity index (χ2v) is 9.42. The van der Waals surface area contributed by atoms with Crippen LogP contribution in [0.1, 0.15) is 68.2 Å². The standard InChI is InChI=1S/C22H28N4.ClH/c1-2-4-18-17(3-1)19(26-20(18)21-23-5-6-24-21)13-25-22-10-14-7-15(11-22)9-16(8-14)12-22;/h5-6,13-16,26H,1-4,7-12H2,(H,23,24);1H. The molecule has 0 saturated heterocycles. The first kappa shape index (κ1) is 17.5. The molecule has 0 spiro atoms. The van der Waals surface area contributed by atoms with Crippen LogP contribution in [0.3, 0.4) is 0 Å². The van der Waals surface area contributed by atoms with Gasteiger partial charge in [0.15, 0.2) is 5.82 Å². The van der Waals surface area contributed by atoms with Gasteiger partial charge in [0.05, 0.1) is 16.9 Å². The molecule has 2 aromatic heterocycles. The smallest absolute Gasteiger partial charge is 0.154 e. The number of hydrogen-bond acceptors (Lipinski definition) is 2. The number of halogens is 1. The lowest BCUT2D eigenvalue weighted by Gasteiger charge is -2.54. The van der Waals surface area contributed by atoms with E-state index in [0.29, 0.717) is 0 Å². The highest BCUT2D eigenvalue weighted by atomic mass is 35.5. The van der Waals surface area contributed by atoms with Crippen molar-refractivity contribution in [2.45, 2.75) is 69.7 Å². The molecule has 0 atom stereocenters. The Hall–Kier alpha value is -1.55. The number of aromatic nitrogens is 3. The fourth-order valence-electron chi connectivity index (χ4n) is 6.90.